The molecule has 1 atom stereocenters. The number of carboxylic acid groups (broad SMARTS) is 1. The number of hydrogen-bond acceptors (Lipinski definition) is 2. The van der Waals surface area contributed by atoms with Gasteiger partial charge in [0.05, 0.1) is 5.92 Å². The van der Waals surface area contributed by atoms with E-state index in [2.05, 4.69) is 19.2 Å². The SMILES string of the molecule is CC(C)CC1CCCN(C(=O)NC2CCC(C(=O)O)CC2)C1. The van der Waals surface area contributed by atoms with Crippen molar-refractivity contribution in [2.24, 2.45) is 17.8 Å². The Bertz CT molecular complexity index is 389. The van der Waals surface area contributed by atoms with Crippen LogP contribution in [0.4, 0.5) is 4.79 Å². The van der Waals surface area contributed by atoms with Crippen molar-refractivity contribution in [1.29, 1.82) is 0 Å². The summed E-state index contributed by atoms with van der Waals surface area (Å²) >= 11 is 0. The minimum Gasteiger partial charge on any atom is -0.481 e. The van der Waals surface area contributed by atoms with Gasteiger partial charge in [-0.25, -0.2) is 4.79 Å². The van der Waals surface area contributed by atoms with Crippen molar-refractivity contribution in [3.05, 3.63) is 0 Å². The largest absolute Gasteiger partial charge is 0.481 e. The van der Waals surface area contributed by atoms with E-state index in [1.54, 1.807) is 0 Å². The smallest absolute Gasteiger partial charge is 0.317 e. The minimum atomic E-state index is -0.697. The Labute approximate surface area is 133 Å². The predicted molar refractivity (Wildman–Crippen MR) is 85.7 cm³/mol. The molecule has 1 aliphatic carbocycles. The summed E-state index contributed by atoms with van der Waals surface area (Å²) in [5, 5.41) is 12.1. The van der Waals surface area contributed by atoms with E-state index in [1.807, 2.05) is 4.90 Å². The number of nitrogens with one attached hydrogen (secondary N) is 1. The molecule has 0 aromatic rings. The van der Waals surface area contributed by atoms with E-state index in [0.29, 0.717) is 24.7 Å². The van der Waals surface area contributed by atoms with Gasteiger partial charge in [0.2, 0.25) is 0 Å². The Morgan fingerprint density at radius 2 is 1.86 bits per heavy atom. The van der Waals surface area contributed by atoms with E-state index in [4.69, 9.17) is 5.11 Å². The van der Waals surface area contributed by atoms with Gasteiger partial charge in [0, 0.05) is 19.1 Å². The summed E-state index contributed by atoms with van der Waals surface area (Å²) in [6.45, 7) is 6.19. The highest BCUT2D eigenvalue weighted by molar-refractivity contribution is 5.75. The molecule has 1 heterocycles. The molecular weight excluding hydrogens is 280 g/mol. The third-order valence-corrected chi connectivity index (χ3v) is 5.01. The van der Waals surface area contributed by atoms with Gasteiger partial charge >= 0.3 is 12.0 Å². The Hall–Kier alpha value is -1.26. The molecular formula is C17H30N2O3. The average Bonchev–Trinajstić information content (AvgIpc) is 2.47. The monoisotopic (exact) mass is 310 g/mol. The lowest BCUT2D eigenvalue weighted by atomic mass is 9.86. The summed E-state index contributed by atoms with van der Waals surface area (Å²) in [6.07, 6.45) is 6.43. The van der Waals surface area contributed by atoms with Gasteiger partial charge in [-0.1, -0.05) is 13.8 Å². The van der Waals surface area contributed by atoms with Gasteiger partial charge in [-0.2, -0.15) is 0 Å². The van der Waals surface area contributed by atoms with Gasteiger partial charge in [-0.15, -0.1) is 0 Å². The maximum absolute atomic E-state index is 12.4. The second kappa shape index (κ2) is 7.84. The molecule has 0 aromatic carbocycles. The first-order valence-corrected chi connectivity index (χ1v) is 8.74. The molecule has 2 fully saturated rings. The number of amides is 2. The normalized spacial score (nSPS) is 29.4. The Morgan fingerprint density at radius 3 is 2.45 bits per heavy atom. The number of carbonyl (C=O) groups is 2. The van der Waals surface area contributed by atoms with Crippen LogP contribution >= 0.6 is 0 Å². The zero-order valence-electron chi connectivity index (χ0n) is 13.9. The van der Waals surface area contributed by atoms with Crippen LogP contribution in [0.5, 0.6) is 0 Å². The molecule has 1 unspecified atom stereocenters. The van der Waals surface area contributed by atoms with Crippen LogP contribution in [0.25, 0.3) is 0 Å². The fourth-order valence-electron chi connectivity index (χ4n) is 3.86. The number of nitrogens with zero attached hydrogens (tertiary/aromatic N) is 1. The molecule has 2 amide bonds. The zero-order chi connectivity index (χ0) is 16.1. The molecule has 1 saturated carbocycles. The van der Waals surface area contributed by atoms with Crippen LogP contribution in [0.15, 0.2) is 0 Å². The highest BCUT2D eigenvalue weighted by Gasteiger charge is 2.29. The van der Waals surface area contributed by atoms with Crippen LogP contribution in [-0.4, -0.2) is 41.1 Å². The highest BCUT2D eigenvalue weighted by Crippen LogP contribution is 2.26. The van der Waals surface area contributed by atoms with Gasteiger partial charge in [-0.05, 0) is 56.8 Å². The maximum Gasteiger partial charge on any atom is 0.317 e. The van der Waals surface area contributed by atoms with Gasteiger partial charge in [0.25, 0.3) is 0 Å². The van der Waals surface area contributed by atoms with Gasteiger partial charge in [-0.3, -0.25) is 4.79 Å². The van der Waals surface area contributed by atoms with Crippen LogP contribution in [0, 0.1) is 17.8 Å². The molecule has 0 aromatic heterocycles. The van der Waals surface area contributed by atoms with Crippen LogP contribution in [-0.2, 0) is 4.79 Å². The number of urea groups is 1. The van der Waals surface area contributed by atoms with E-state index in [-0.39, 0.29) is 18.0 Å². The first-order valence-electron chi connectivity index (χ1n) is 8.74. The molecule has 1 aliphatic heterocycles. The van der Waals surface area contributed by atoms with Crippen molar-refractivity contribution in [1.82, 2.24) is 10.2 Å². The van der Waals surface area contributed by atoms with Crippen LogP contribution in [0.2, 0.25) is 0 Å². The van der Waals surface area contributed by atoms with Gasteiger partial charge in [0.15, 0.2) is 0 Å². The second-order valence-electron chi connectivity index (χ2n) is 7.42. The number of piperidine rings is 1. The van der Waals surface area contributed by atoms with Crippen molar-refractivity contribution in [3.8, 4) is 0 Å². The van der Waals surface area contributed by atoms with Crippen LogP contribution < -0.4 is 5.32 Å². The summed E-state index contributed by atoms with van der Waals surface area (Å²) in [6, 6.07) is 0.195. The summed E-state index contributed by atoms with van der Waals surface area (Å²) in [4.78, 5) is 25.3. The molecule has 2 rings (SSSR count). The molecule has 22 heavy (non-hydrogen) atoms. The molecule has 2 N–H and O–H groups in total. The third kappa shape index (κ3) is 4.89. The average molecular weight is 310 g/mol. The van der Waals surface area contributed by atoms with Gasteiger partial charge in [0.1, 0.15) is 0 Å². The summed E-state index contributed by atoms with van der Waals surface area (Å²) < 4.78 is 0. The number of carboxylic acids is 1. The number of aliphatic carboxylic acids is 1. The topological polar surface area (TPSA) is 69.6 Å². The quantitative estimate of drug-likeness (QED) is 0.838. The zero-order valence-corrected chi connectivity index (χ0v) is 13.9. The van der Waals surface area contributed by atoms with Crippen molar-refractivity contribution >= 4 is 12.0 Å². The standard InChI is InChI=1S/C17H30N2O3/c1-12(2)10-13-4-3-9-19(11-13)17(22)18-15-7-5-14(6-8-15)16(20)21/h12-15H,3-11H2,1-2H3,(H,18,22)(H,20,21). The summed E-state index contributed by atoms with van der Waals surface area (Å²) in [5.74, 6) is 0.387. The van der Waals surface area contributed by atoms with E-state index in [0.717, 1.165) is 32.4 Å². The maximum atomic E-state index is 12.4. The number of hydrogen-bond donors (Lipinski definition) is 2. The van der Waals surface area contributed by atoms with Crippen molar-refractivity contribution < 1.29 is 14.7 Å². The number of likely N-dealkylation sites (tertiary alicyclic amines) is 1. The van der Waals surface area contributed by atoms with E-state index in [1.165, 1.54) is 12.8 Å². The Kier molecular flexibility index (Phi) is 6.09. The fourth-order valence-corrected chi connectivity index (χ4v) is 3.86. The number of rotatable bonds is 4. The van der Waals surface area contributed by atoms with E-state index >= 15 is 0 Å². The fraction of sp³-hybridized carbons (Fsp3) is 0.882. The lowest BCUT2D eigenvalue weighted by Gasteiger charge is -2.35. The van der Waals surface area contributed by atoms with Gasteiger partial charge < -0.3 is 15.3 Å². The number of carbonyl (C=O) groups excluding carboxylic acids is 1. The van der Waals surface area contributed by atoms with Crippen molar-refractivity contribution in [2.75, 3.05) is 13.1 Å². The first kappa shape index (κ1) is 17.1. The summed E-state index contributed by atoms with van der Waals surface area (Å²) in [7, 11) is 0. The van der Waals surface area contributed by atoms with Crippen LogP contribution in [0.3, 0.4) is 0 Å². The Balaban J connectivity index is 1.76. The first-order chi connectivity index (χ1) is 10.5. The lowest BCUT2D eigenvalue weighted by Crippen LogP contribution is -2.49. The Morgan fingerprint density at radius 1 is 1.18 bits per heavy atom. The lowest BCUT2D eigenvalue weighted by molar-refractivity contribution is -0.142. The van der Waals surface area contributed by atoms with E-state index in [9.17, 15) is 9.59 Å². The van der Waals surface area contributed by atoms with E-state index < -0.39 is 5.97 Å². The predicted octanol–water partition coefficient (Wildman–Crippen LogP) is 3.10. The molecule has 5 heteroatoms. The molecule has 126 valence electrons. The third-order valence-electron chi connectivity index (χ3n) is 5.01. The van der Waals surface area contributed by atoms with Crippen molar-refractivity contribution in [2.45, 2.75) is 64.8 Å². The second-order valence-corrected chi connectivity index (χ2v) is 7.42. The highest BCUT2D eigenvalue weighted by atomic mass is 16.4. The molecule has 0 spiro atoms. The molecule has 0 radical (unpaired) electrons. The molecule has 5 nitrogen and oxygen atoms in total. The van der Waals surface area contributed by atoms with Crippen LogP contribution in [0.1, 0.15) is 58.8 Å². The summed E-state index contributed by atoms with van der Waals surface area (Å²) in [5.41, 5.74) is 0. The molecule has 2 aliphatic rings. The minimum absolute atomic E-state index is 0.0484. The van der Waals surface area contributed by atoms with Crippen molar-refractivity contribution in [3.63, 3.8) is 0 Å². The molecule has 1 saturated heterocycles. The molecule has 0 bridgehead atoms.